The van der Waals surface area contributed by atoms with Crippen molar-refractivity contribution in [3.63, 3.8) is 0 Å². The molecule has 4 rings (SSSR count). The van der Waals surface area contributed by atoms with Crippen molar-refractivity contribution in [1.29, 1.82) is 0 Å². The predicted molar refractivity (Wildman–Crippen MR) is 94.6 cm³/mol. The van der Waals surface area contributed by atoms with Crippen LogP contribution >= 0.6 is 0 Å². The van der Waals surface area contributed by atoms with Gasteiger partial charge >= 0.3 is 0 Å². The van der Waals surface area contributed by atoms with Crippen LogP contribution < -0.4 is 5.32 Å². The summed E-state index contributed by atoms with van der Waals surface area (Å²) in [6, 6.07) is 6.67. The SMILES string of the molecule is O=S1(=O)N=C(CN2CCN(S(=O)(=O)C3CC3)CC2)Nc2ccccc21. The molecule has 0 atom stereocenters. The Kier molecular flexibility index (Phi) is 4.10. The maximum atomic E-state index is 12.3. The maximum Gasteiger partial charge on any atom is 0.286 e. The van der Waals surface area contributed by atoms with Gasteiger partial charge in [0.05, 0.1) is 17.5 Å². The number of hydrogen-bond donors (Lipinski definition) is 1. The first-order chi connectivity index (χ1) is 11.9. The van der Waals surface area contributed by atoms with Gasteiger partial charge in [0.15, 0.2) is 0 Å². The molecule has 1 N–H and O–H groups in total. The topological polar surface area (TPSA) is 99.2 Å². The summed E-state index contributed by atoms with van der Waals surface area (Å²) in [5.74, 6) is 0.372. The number of rotatable bonds is 4. The van der Waals surface area contributed by atoms with E-state index in [1.165, 1.54) is 6.07 Å². The minimum Gasteiger partial charge on any atom is -0.341 e. The second-order valence-electron chi connectivity index (χ2n) is 6.55. The Balaban J connectivity index is 1.42. The molecule has 0 amide bonds. The molecule has 0 bridgehead atoms. The predicted octanol–water partition coefficient (Wildman–Crippen LogP) is 0.309. The fraction of sp³-hybridized carbons (Fsp3) is 0.533. The molecule has 10 heteroatoms. The lowest BCUT2D eigenvalue weighted by Gasteiger charge is -2.34. The van der Waals surface area contributed by atoms with Gasteiger partial charge in [-0.05, 0) is 25.0 Å². The van der Waals surface area contributed by atoms with Crippen LogP contribution in [0.15, 0.2) is 33.6 Å². The van der Waals surface area contributed by atoms with E-state index in [9.17, 15) is 16.8 Å². The highest BCUT2D eigenvalue weighted by molar-refractivity contribution is 7.90. The lowest BCUT2D eigenvalue weighted by Crippen LogP contribution is -2.51. The summed E-state index contributed by atoms with van der Waals surface area (Å²) in [7, 11) is -6.83. The highest BCUT2D eigenvalue weighted by Gasteiger charge is 2.41. The normalized spacial score (nSPS) is 24.2. The van der Waals surface area contributed by atoms with Crippen LogP contribution in [0, 0.1) is 0 Å². The average molecular weight is 384 g/mol. The van der Waals surface area contributed by atoms with Crippen LogP contribution in [-0.4, -0.2) is 69.9 Å². The third kappa shape index (κ3) is 3.31. The van der Waals surface area contributed by atoms with Crippen molar-refractivity contribution in [2.45, 2.75) is 23.0 Å². The van der Waals surface area contributed by atoms with Crippen molar-refractivity contribution in [2.24, 2.45) is 4.40 Å². The number of benzene rings is 1. The average Bonchev–Trinajstić information content (AvgIpc) is 3.40. The van der Waals surface area contributed by atoms with E-state index in [4.69, 9.17) is 0 Å². The summed E-state index contributed by atoms with van der Waals surface area (Å²) in [6.07, 6.45) is 1.53. The highest BCUT2D eigenvalue weighted by Crippen LogP contribution is 2.31. The van der Waals surface area contributed by atoms with Crippen LogP contribution in [0.1, 0.15) is 12.8 Å². The molecule has 3 aliphatic rings. The van der Waals surface area contributed by atoms with Gasteiger partial charge in [-0.2, -0.15) is 12.7 Å². The molecular weight excluding hydrogens is 364 g/mol. The van der Waals surface area contributed by atoms with E-state index in [1.54, 1.807) is 22.5 Å². The summed E-state index contributed by atoms with van der Waals surface area (Å²) in [4.78, 5) is 2.20. The van der Waals surface area contributed by atoms with Crippen LogP contribution in [0.4, 0.5) is 5.69 Å². The molecule has 2 heterocycles. The fourth-order valence-corrected chi connectivity index (χ4v) is 6.13. The van der Waals surface area contributed by atoms with Crippen LogP contribution in [0.5, 0.6) is 0 Å². The number of fused-ring (bicyclic) bond motifs is 1. The molecule has 1 aliphatic carbocycles. The number of anilines is 1. The Morgan fingerprint density at radius 3 is 2.48 bits per heavy atom. The molecule has 0 aromatic heterocycles. The second-order valence-corrected chi connectivity index (χ2v) is 10.3. The van der Waals surface area contributed by atoms with Gasteiger partial charge in [-0.1, -0.05) is 12.1 Å². The molecule has 2 fully saturated rings. The van der Waals surface area contributed by atoms with Crippen molar-refractivity contribution in [1.82, 2.24) is 9.21 Å². The molecule has 8 nitrogen and oxygen atoms in total. The van der Waals surface area contributed by atoms with E-state index in [0.717, 1.165) is 12.8 Å². The first-order valence-corrected chi connectivity index (χ1v) is 11.2. The monoisotopic (exact) mass is 384 g/mol. The van der Waals surface area contributed by atoms with Gasteiger partial charge in [-0.3, -0.25) is 4.90 Å². The Labute approximate surface area is 147 Å². The van der Waals surface area contributed by atoms with Crippen molar-refractivity contribution >= 4 is 31.6 Å². The minimum absolute atomic E-state index is 0.180. The fourth-order valence-electron chi connectivity index (χ4n) is 3.17. The van der Waals surface area contributed by atoms with E-state index in [2.05, 4.69) is 9.71 Å². The summed E-state index contributed by atoms with van der Waals surface area (Å²) >= 11 is 0. The third-order valence-corrected chi connectivity index (χ3v) is 8.46. The maximum absolute atomic E-state index is 12.3. The zero-order valence-electron chi connectivity index (χ0n) is 13.6. The van der Waals surface area contributed by atoms with Gasteiger partial charge in [0.25, 0.3) is 10.0 Å². The molecule has 1 aromatic carbocycles. The number of nitrogens with zero attached hydrogens (tertiary/aromatic N) is 3. The first-order valence-electron chi connectivity index (χ1n) is 8.27. The highest BCUT2D eigenvalue weighted by atomic mass is 32.2. The largest absolute Gasteiger partial charge is 0.341 e. The van der Waals surface area contributed by atoms with Crippen LogP contribution in [0.2, 0.25) is 0 Å². The molecule has 1 saturated carbocycles. The number of nitrogens with one attached hydrogen (secondary N) is 1. The lowest BCUT2D eigenvalue weighted by molar-refractivity contribution is 0.209. The van der Waals surface area contributed by atoms with Gasteiger partial charge in [0.1, 0.15) is 10.7 Å². The number of amidine groups is 1. The van der Waals surface area contributed by atoms with Crippen molar-refractivity contribution in [3.05, 3.63) is 24.3 Å². The number of sulfonamides is 2. The molecule has 2 aliphatic heterocycles. The molecule has 0 unspecified atom stereocenters. The van der Waals surface area contributed by atoms with Crippen LogP contribution in [0.25, 0.3) is 0 Å². The van der Waals surface area contributed by atoms with E-state index in [1.807, 2.05) is 4.90 Å². The Bertz CT molecular complexity index is 915. The quantitative estimate of drug-likeness (QED) is 0.802. The standard InChI is InChI=1S/C15H20N4O4S2/c20-24(21)14-4-2-1-3-13(14)16-15(17-24)11-18-7-9-19(10-8-18)25(22,23)12-5-6-12/h1-4,12H,5-11H2,(H,16,17). The molecule has 25 heavy (non-hydrogen) atoms. The number of piperazine rings is 1. The number of para-hydroxylation sites is 1. The van der Waals surface area contributed by atoms with Crippen LogP contribution in [-0.2, 0) is 20.0 Å². The van der Waals surface area contributed by atoms with Gasteiger partial charge in [-0.25, -0.2) is 8.42 Å². The van der Waals surface area contributed by atoms with Gasteiger partial charge in [0.2, 0.25) is 10.0 Å². The number of hydrogen-bond acceptors (Lipinski definition) is 6. The molecule has 0 radical (unpaired) electrons. The van der Waals surface area contributed by atoms with E-state index in [-0.39, 0.29) is 10.1 Å². The first kappa shape index (κ1) is 17.0. The third-order valence-electron chi connectivity index (χ3n) is 4.68. The summed E-state index contributed by atoms with van der Waals surface area (Å²) in [5.41, 5.74) is 0.530. The van der Waals surface area contributed by atoms with E-state index in [0.29, 0.717) is 44.2 Å². The summed E-state index contributed by atoms with van der Waals surface area (Å²) < 4.78 is 54.5. The zero-order valence-corrected chi connectivity index (χ0v) is 15.3. The Hall–Kier alpha value is -1.49. The molecule has 1 saturated heterocycles. The Morgan fingerprint density at radius 2 is 1.80 bits per heavy atom. The molecule has 1 aromatic rings. The smallest absolute Gasteiger partial charge is 0.286 e. The summed E-state index contributed by atoms with van der Waals surface area (Å²) in [6.45, 7) is 2.36. The van der Waals surface area contributed by atoms with Gasteiger partial charge in [0, 0.05) is 26.2 Å². The Morgan fingerprint density at radius 1 is 1.12 bits per heavy atom. The van der Waals surface area contributed by atoms with Crippen LogP contribution in [0.3, 0.4) is 0 Å². The molecule has 136 valence electrons. The summed E-state index contributed by atoms with van der Waals surface area (Å²) in [5, 5.41) is 2.88. The molecular formula is C15H20N4O4S2. The zero-order chi connectivity index (χ0) is 17.7. The van der Waals surface area contributed by atoms with Gasteiger partial charge in [-0.15, -0.1) is 4.40 Å². The van der Waals surface area contributed by atoms with E-state index < -0.39 is 20.0 Å². The minimum atomic E-state index is -3.69. The van der Waals surface area contributed by atoms with Crippen molar-refractivity contribution < 1.29 is 16.8 Å². The lowest BCUT2D eigenvalue weighted by atomic mass is 10.3. The second kappa shape index (κ2) is 6.04. The van der Waals surface area contributed by atoms with Crippen molar-refractivity contribution in [3.8, 4) is 0 Å². The van der Waals surface area contributed by atoms with E-state index >= 15 is 0 Å². The van der Waals surface area contributed by atoms with Gasteiger partial charge < -0.3 is 5.32 Å². The van der Waals surface area contributed by atoms with Crippen molar-refractivity contribution in [2.75, 3.05) is 38.0 Å². The molecule has 0 spiro atoms.